The number of likely N-dealkylation sites (N-methyl/N-ethyl adjacent to an activating group) is 1. The van der Waals surface area contributed by atoms with Crippen molar-refractivity contribution >= 4 is 40.8 Å². The third-order valence-corrected chi connectivity index (χ3v) is 13.0. The van der Waals surface area contributed by atoms with Gasteiger partial charge in [0.15, 0.2) is 0 Å². The van der Waals surface area contributed by atoms with Crippen LogP contribution in [0.4, 0.5) is 4.79 Å². The molecule has 2 saturated heterocycles. The Bertz CT molecular complexity index is 2580. The second-order valence-corrected chi connectivity index (χ2v) is 17.7. The third kappa shape index (κ3) is 8.39. The Morgan fingerprint density at radius 2 is 1.67 bits per heavy atom. The Hall–Kier alpha value is -6.74. The first kappa shape index (κ1) is 42.6. The van der Waals surface area contributed by atoms with Crippen LogP contribution in [-0.4, -0.2) is 117 Å². The fraction of sp³-hybridized carbons (Fsp3) is 0.388. The van der Waals surface area contributed by atoms with Crippen molar-refractivity contribution in [3.8, 4) is 28.0 Å². The molecule has 15 nitrogen and oxygen atoms in total. The number of ether oxygens (including phenoxy) is 2. The molecular formula is C49H53N7O8. The lowest BCUT2D eigenvalue weighted by Crippen LogP contribution is -2.63. The number of fused-ring (bicyclic) bond motifs is 9. The number of phenols is 1. The Kier molecular flexibility index (Phi) is 11.8. The lowest BCUT2D eigenvalue weighted by Gasteiger charge is -2.41. The molecule has 3 aliphatic heterocycles. The van der Waals surface area contributed by atoms with E-state index in [1.165, 1.54) is 14.8 Å². The predicted molar refractivity (Wildman–Crippen MR) is 237 cm³/mol. The smallest absolute Gasteiger partial charge is 0.409 e. The maximum absolute atomic E-state index is 14.5. The van der Waals surface area contributed by atoms with Crippen LogP contribution in [-0.2, 0) is 41.6 Å². The van der Waals surface area contributed by atoms with E-state index < -0.39 is 47.9 Å². The van der Waals surface area contributed by atoms with Crippen molar-refractivity contribution in [2.24, 2.45) is 11.8 Å². The zero-order chi connectivity index (χ0) is 44.6. The van der Waals surface area contributed by atoms with Crippen LogP contribution in [0.3, 0.4) is 0 Å². The number of nitrogens with zero attached hydrogens (tertiary/aromatic N) is 5. The van der Waals surface area contributed by atoms with Gasteiger partial charge in [-0.25, -0.2) is 15.2 Å². The molecule has 6 bridgehead atoms. The number of imidazole rings is 1. The molecule has 3 N–H and O–H groups in total. The standard InChI is InChI=1S/C49H53N7O8/c1-29(2)44(53(3)46(59)33-25-55(26-33)49(62)64-27-39-37-12-6-4-10-35(37)36-11-5-7-13-38(36)39)45(58)51-42-22-30-20-32(23-34(57)21-30)31-15-16-40-43(24-31)54(28-50-40)17-9-19-63-48(61)41-14-8-18-56(52-41)47(42)60/h4-7,10-13,15-16,20-21,23-24,28-29,33,39,41-42,44,52,57H,8-9,14,17-19,22,25-27H2,1-3H3,(H,51,58)/t41-,42-,44-/m0/s1. The molecule has 0 unspecified atom stereocenters. The van der Waals surface area contributed by atoms with Crippen molar-refractivity contribution in [1.82, 2.24) is 35.1 Å². The maximum atomic E-state index is 14.5. The van der Waals surface area contributed by atoms with Gasteiger partial charge in [0, 0.05) is 45.6 Å². The van der Waals surface area contributed by atoms with E-state index in [0.717, 1.165) is 38.9 Å². The quantitative estimate of drug-likeness (QED) is 0.184. The SMILES string of the molecule is CC(C)[C@@H](C(=O)N[C@H]1Cc2cc(O)cc(c2)-c2ccc3ncn(c3c2)CCCOC(=O)[C@@H]2CCCN(N2)C1=O)N(C)C(=O)C1CN(C(=O)OCC2c3ccccc3-c3ccccc32)C1. The van der Waals surface area contributed by atoms with Crippen LogP contribution >= 0.6 is 0 Å². The lowest BCUT2D eigenvalue weighted by molar-refractivity contribution is -0.153. The summed E-state index contributed by atoms with van der Waals surface area (Å²) in [6, 6.07) is 24.3. The van der Waals surface area contributed by atoms with Gasteiger partial charge in [0.1, 0.15) is 30.5 Å². The summed E-state index contributed by atoms with van der Waals surface area (Å²) in [5.41, 5.74) is 11.3. The number of aromatic hydroxyl groups is 1. The van der Waals surface area contributed by atoms with Crippen LogP contribution < -0.4 is 10.7 Å². The molecule has 332 valence electrons. The highest BCUT2D eigenvalue weighted by atomic mass is 16.6. The van der Waals surface area contributed by atoms with Crippen molar-refractivity contribution in [2.75, 3.05) is 39.9 Å². The minimum Gasteiger partial charge on any atom is -0.508 e. The molecule has 4 aromatic carbocycles. The van der Waals surface area contributed by atoms with Crippen molar-refractivity contribution < 1.29 is 38.6 Å². The molecule has 0 radical (unpaired) electrons. The van der Waals surface area contributed by atoms with Gasteiger partial charge >= 0.3 is 12.1 Å². The summed E-state index contributed by atoms with van der Waals surface area (Å²) in [4.78, 5) is 76.9. The number of aryl methyl sites for hydroxylation is 1. The van der Waals surface area contributed by atoms with Crippen molar-refractivity contribution in [3.63, 3.8) is 0 Å². The Balaban J connectivity index is 0.902. The summed E-state index contributed by atoms with van der Waals surface area (Å²) < 4.78 is 13.5. The van der Waals surface area contributed by atoms with E-state index in [4.69, 9.17) is 9.47 Å². The van der Waals surface area contributed by atoms with Gasteiger partial charge in [-0.2, -0.15) is 0 Å². The minimum absolute atomic E-state index is 0.000354. The summed E-state index contributed by atoms with van der Waals surface area (Å²) in [5, 5.41) is 15.3. The first-order valence-corrected chi connectivity index (χ1v) is 22.1. The van der Waals surface area contributed by atoms with E-state index in [1.54, 1.807) is 25.5 Å². The average Bonchev–Trinajstić information content (AvgIpc) is 3.83. The molecule has 64 heavy (non-hydrogen) atoms. The molecule has 0 saturated carbocycles. The Morgan fingerprint density at radius 1 is 0.938 bits per heavy atom. The van der Waals surface area contributed by atoms with Crippen LogP contribution in [0.25, 0.3) is 33.3 Å². The number of hydrazine groups is 1. The second-order valence-electron chi connectivity index (χ2n) is 17.7. The van der Waals surface area contributed by atoms with Crippen molar-refractivity contribution in [2.45, 2.75) is 70.1 Å². The van der Waals surface area contributed by atoms with Gasteiger partial charge in [-0.05, 0) is 88.4 Å². The summed E-state index contributed by atoms with van der Waals surface area (Å²) in [6.45, 7) is 5.15. The van der Waals surface area contributed by atoms with Gasteiger partial charge in [0.25, 0.3) is 5.91 Å². The number of phenolic OH excluding ortho intramolecular Hbond substituents is 1. The summed E-state index contributed by atoms with van der Waals surface area (Å²) in [7, 11) is 1.57. The average molecular weight is 868 g/mol. The highest BCUT2D eigenvalue weighted by Crippen LogP contribution is 2.44. The number of rotatable bonds is 7. The molecule has 9 rings (SSSR count). The van der Waals surface area contributed by atoms with Crippen LogP contribution in [0.2, 0.25) is 0 Å². The highest BCUT2D eigenvalue weighted by molar-refractivity contribution is 5.93. The minimum atomic E-state index is -1.15. The van der Waals surface area contributed by atoms with Crippen molar-refractivity contribution in [1.29, 1.82) is 0 Å². The number of aromatic nitrogens is 2. The van der Waals surface area contributed by atoms with Crippen LogP contribution in [0.5, 0.6) is 5.75 Å². The number of likely N-dealkylation sites (tertiary alicyclic amines) is 1. The molecule has 4 heterocycles. The summed E-state index contributed by atoms with van der Waals surface area (Å²) >= 11 is 0. The zero-order valence-corrected chi connectivity index (χ0v) is 36.2. The predicted octanol–water partition coefficient (Wildman–Crippen LogP) is 5.24. The highest BCUT2D eigenvalue weighted by Gasteiger charge is 2.43. The van der Waals surface area contributed by atoms with E-state index >= 15 is 0 Å². The molecule has 0 spiro atoms. The molecule has 5 aromatic rings. The van der Waals surface area contributed by atoms with E-state index in [0.29, 0.717) is 36.9 Å². The molecular weight excluding hydrogens is 815 g/mol. The number of esters is 1. The van der Waals surface area contributed by atoms with E-state index in [1.807, 2.05) is 66.9 Å². The van der Waals surface area contributed by atoms with Gasteiger partial charge in [0.2, 0.25) is 11.8 Å². The lowest BCUT2D eigenvalue weighted by atomic mass is 9.94. The summed E-state index contributed by atoms with van der Waals surface area (Å²) in [6.07, 6.45) is 2.79. The number of hydrogen-bond donors (Lipinski definition) is 3. The number of nitrogens with one attached hydrogen (secondary N) is 2. The topological polar surface area (TPSA) is 176 Å². The maximum Gasteiger partial charge on any atom is 0.409 e. The number of benzene rings is 4. The van der Waals surface area contributed by atoms with Crippen LogP contribution in [0, 0.1) is 11.8 Å². The first-order valence-electron chi connectivity index (χ1n) is 22.1. The monoisotopic (exact) mass is 867 g/mol. The molecule has 3 atom stereocenters. The Labute approximate surface area is 371 Å². The molecule has 2 fully saturated rings. The zero-order valence-electron chi connectivity index (χ0n) is 36.2. The normalized spacial score (nSPS) is 19.6. The second kappa shape index (κ2) is 17.8. The van der Waals surface area contributed by atoms with Crippen LogP contribution in [0.1, 0.15) is 55.7 Å². The molecule has 15 heteroatoms. The third-order valence-electron chi connectivity index (χ3n) is 13.0. The molecule has 1 aliphatic carbocycles. The van der Waals surface area contributed by atoms with Gasteiger partial charge < -0.3 is 34.3 Å². The van der Waals surface area contributed by atoms with Gasteiger partial charge in [0.05, 0.1) is 29.9 Å². The largest absolute Gasteiger partial charge is 0.508 e. The molecule has 4 aliphatic rings. The Morgan fingerprint density at radius 3 is 2.41 bits per heavy atom. The molecule has 1 aromatic heterocycles. The number of cyclic esters (lactones) is 1. The van der Waals surface area contributed by atoms with Crippen LogP contribution in [0.15, 0.2) is 91.3 Å². The van der Waals surface area contributed by atoms with Crippen molar-refractivity contribution in [3.05, 3.63) is 108 Å². The van der Waals surface area contributed by atoms with Gasteiger partial charge in [-0.3, -0.25) is 24.2 Å². The van der Waals surface area contributed by atoms with Gasteiger partial charge in [-0.1, -0.05) is 74.5 Å². The fourth-order valence-electron chi connectivity index (χ4n) is 9.70. The number of carbonyl (C=O) groups is 5. The van der Waals surface area contributed by atoms with Gasteiger partial charge in [-0.15, -0.1) is 0 Å². The first-order chi connectivity index (χ1) is 30.9. The van der Waals surface area contributed by atoms with E-state index in [2.05, 4.69) is 40.0 Å². The summed E-state index contributed by atoms with van der Waals surface area (Å²) in [5.74, 6) is -2.79. The molecule has 4 amide bonds. The van der Waals surface area contributed by atoms with E-state index in [9.17, 15) is 29.1 Å². The number of carbonyl (C=O) groups excluding carboxylic acids is 5. The number of hydrogen-bond acceptors (Lipinski definition) is 10. The van der Waals surface area contributed by atoms with E-state index in [-0.39, 0.29) is 62.8 Å². The fourth-order valence-corrected chi connectivity index (χ4v) is 9.70. The number of amides is 4.